The van der Waals surface area contributed by atoms with E-state index in [-0.39, 0.29) is 6.04 Å². The third-order valence-electron chi connectivity index (χ3n) is 2.88. The van der Waals surface area contributed by atoms with Gasteiger partial charge in [0.25, 0.3) is 0 Å². The van der Waals surface area contributed by atoms with Crippen LogP contribution >= 0.6 is 0 Å². The van der Waals surface area contributed by atoms with Crippen LogP contribution in [0.15, 0.2) is 18.2 Å². The molecular formula is C11H13FN2O2. The van der Waals surface area contributed by atoms with Crippen LogP contribution in [0, 0.1) is 15.9 Å². The first-order valence-corrected chi connectivity index (χ1v) is 5.35. The molecule has 1 heterocycles. The molecular weight excluding hydrogens is 211 g/mol. The summed E-state index contributed by atoms with van der Waals surface area (Å²) in [6.45, 7) is 0.913. The predicted octanol–water partition coefficient (Wildman–Crippen LogP) is 2.55. The second-order valence-electron chi connectivity index (χ2n) is 3.97. The van der Waals surface area contributed by atoms with E-state index >= 15 is 0 Å². The largest absolute Gasteiger partial charge is 0.310 e. The van der Waals surface area contributed by atoms with Crippen molar-refractivity contribution in [3.63, 3.8) is 0 Å². The Kier molecular flexibility index (Phi) is 3.14. The second-order valence-corrected chi connectivity index (χ2v) is 3.97. The van der Waals surface area contributed by atoms with Crippen molar-refractivity contribution >= 4 is 5.69 Å². The lowest BCUT2D eigenvalue weighted by atomic mass is 9.97. The monoisotopic (exact) mass is 224 g/mol. The Morgan fingerprint density at radius 1 is 1.44 bits per heavy atom. The van der Waals surface area contributed by atoms with Crippen molar-refractivity contribution in [1.82, 2.24) is 5.32 Å². The number of nitrogens with one attached hydrogen (secondary N) is 1. The fourth-order valence-electron chi connectivity index (χ4n) is 2.02. The first-order valence-electron chi connectivity index (χ1n) is 5.35. The standard InChI is InChI=1S/C11H13FN2O2/c12-9-5-4-8(7-11(9)14(15)16)10-3-1-2-6-13-10/h4-5,7,10,13H,1-3,6H2/t10-/m1/s1. The van der Waals surface area contributed by atoms with Crippen LogP contribution in [0.4, 0.5) is 10.1 Å². The van der Waals surface area contributed by atoms with Gasteiger partial charge in [0, 0.05) is 12.1 Å². The van der Waals surface area contributed by atoms with Crippen molar-refractivity contribution in [2.75, 3.05) is 6.54 Å². The van der Waals surface area contributed by atoms with Gasteiger partial charge in [0.2, 0.25) is 5.82 Å². The fraction of sp³-hybridized carbons (Fsp3) is 0.455. The topological polar surface area (TPSA) is 55.2 Å². The zero-order chi connectivity index (χ0) is 11.5. The Morgan fingerprint density at radius 2 is 2.25 bits per heavy atom. The van der Waals surface area contributed by atoms with Gasteiger partial charge >= 0.3 is 5.69 Å². The van der Waals surface area contributed by atoms with Crippen LogP contribution in [-0.2, 0) is 0 Å². The molecule has 1 aliphatic heterocycles. The van der Waals surface area contributed by atoms with Gasteiger partial charge in [0.15, 0.2) is 0 Å². The van der Waals surface area contributed by atoms with Crippen LogP contribution in [0.25, 0.3) is 0 Å². The number of benzene rings is 1. The number of nitrogens with zero attached hydrogens (tertiary/aromatic N) is 1. The van der Waals surface area contributed by atoms with Gasteiger partial charge in [-0.25, -0.2) is 0 Å². The molecule has 0 aliphatic carbocycles. The van der Waals surface area contributed by atoms with Gasteiger partial charge in [0.05, 0.1) is 4.92 Å². The van der Waals surface area contributed by atoms with E-state index in [0.29, 0.717) is 0 Å². The zero-order valence-electron chi connectivity index (χ0n) is 8.78. The molecule has 1 fully saturated rings. The van der Waals surface area contributed by atoms with E-state index in [1.807, 2.05) is 0 Å². The van der Waals surface area contributed by atoms with E-state index in [1.54, 1.807) is 6.07 Å². The van der Waals surface area contributed by atoms with Gasteiger partial charge in [-0.3, -0.25) is 10.1 Å². The smallest absolute Gasteiger partial charge is 0.305 e. The highest BCUT2D eigenvalue weighted by atomic mass is 19.1. The minimum atomic E-state index is -0.774. The molecule has 1 saturated heterocycles. The first-order chi connectivity index (χ1) is 7.68. The normalized spacial score (nSPS) is 20.7. The zero-order valence-corrected chi connectivity index (χ0v) is 8.78. The van der Waals surface area contributed by atoms with Crippen LogP contribution < -0.4 is 5.32 Å². The quantitative estimate of drug-likeness (QED) is 0.620. The molecule has 1 aliphatic rings. The molecule has 2 rings (SSSR count). The minimum Gasteiger partial charge on any atom is -0.310 e. The number of piperidine rings is 1. The lowest BCUT2D eigenvalue weighted by molar-refractivity contribution is -0.387. The Labute approximate surface area is 92.6 Å². The number of nitro benzene ring substituents is 1. The molecule has 16 heavy (non-hydrogen) atoms. The second kappa shape index (κ2) is 4.57. The van der Waals surface area contributed by atoms with Gasteiger partial charge < -0.3 is 5.32 Å². The SMILES string of the molecule is O=[N+]([O-])c1cc([C@H]2CCCCN2)ccc1F. The van der Waals surface area contributed by atoms with E-state index in [4.69, 9.17) is 0 Å². The molecule has 4 nitrogen and oxygen atoms in total. The molecule has 1 aromatic carbocycles. The maximum Gasteiger partial charge on any atom is 0.305 e. The molecule has 1 aromatic rings. The summed E-state index contributed by atoms with van der Waals surface area (Å²) >= 11 is 0. The van der Waals surface area contributed by atoms with E-state index < -0.39 is 16.4 Å². The van der Waals surface area contributed by atoms with Crippen LogP contribution in [0.1, 0.15) is 30.9 Å². The maximum atomic E-state index is 13.1. The molecule has 1 N–H and O–H groups in total. The minimum absolute atomic E-state index is 0.119. The number of halogens is 1. The van der Waals surface area contributed by atoms with Crippen LogP contribution in [-0.4, -0.2) is 11.5 Å². The summed E-state index contributed by atoms with van der Waals surface area (Å²) in [7, 11) is 0. The van der Waals surface area contributed by atoms with Crippen molar-refractivity contribution in [2.24, 2.45) is 0 Å². The molecule has 0 amide bonds. The first kappa shape index (κ1) is 11.0. The summed E-state index contributed by atoms with van der Waals surface area (Å²) in [6, 6.07) is 4.24. The summed E-state index contributed by atoms with van der Waals surface area (Å²) in [5.74, 6) is -0.774. The van der Waals surface area contributed by atoms with Crippen molar-refractivity contribution in [1.29, 1.82) is 0 Å². The molecule has 0 unspecified atom stereocenters. The third-order valence-corrected chi connectivity index (χ3v) is 2.88. The van der Waals surface area contributed by atoms with E-state index in [0.717, 1.165) is 31.4 Å². The van der Waals surface area contributed by atoms with Gasteiger partial charge in [-0.05, 0) is 31.0 Å². The number of hydrogen-bond donors (Lipinski definition) is 1. The lowest BCUT2D eigenvalue weighted by Gasteiger charge is -2.23. The summed E-state index contributed by atoms with van der Waals surface area (Å²) in [6.07, 6.45) is 3.17. The Balaban J connectivity index is 2.27. The van der Waals surface area contributed by atoms with E-state index in [2.05, 4.69) is 5.32 Å². The average molecular weight is 224 g/mol. The summed E-state index contributed by atoms with van der Waals surface area (Å²) in [4.78, 5) is 9.92. The Hall–Kier alpha value is -1.49. The molecule has 5 heteroatoms. The molecule has 1 atom stereocenters. The number of hydrogen-bond acceptors (Lipinski definition) is 3. The van der Waals surface area contributed by atoms with Crippen LogP contribution in [0.5, 0.6) is 0 Å². The average Bonchev–Trinajstić information content (AvgIpc) is 2.30. The third kappa shape index (κ3) is 2.19. The Bertz CT molecular complexity index is 403. The molecule has 0 saturated carbocycles. The van der Waals surface area contributed by atoms with Gasteiger partial charge in [0.1, 0.15) is 0 Å². The van der Waals surface area contributed by atoms with Crippen molar-refractivity contribution in [2.45, 2.75) is 25.3 Å². The van der Waals surface area contributed by atoms with Gasteiger partial charge in [-0.2, -0.15) is 4.39 Å². The van der Waals surface area contributed by atoms with E-state index in [9.17, 15) is 14.5 Å². The highest BCUT2D eigenvalue weighted by Gasteiger charge is 2.20. The molecule has 0 aromatic heterocycles. The van der Waals surface area contributed by atoms with Gasteiger partial charge in [-0.15, -0.1) is 0 Å². The van der Waals surface area contributed by atoms with Crippen molar-refractivity contribution < 1.29 is 9.31 Å². The highest BCUT2D eigenvalue weighted by Crippen LogP contribution is 2.27. The number of rotatable bonds is 2. The fourth-order valence-corrected chi connectivity index (χ4v) is 2.02. The van der Waals surface area contributed by atoms with Crippen molar-refractivity contribution in [3.05, 3.63) is 39.7 Å². The van der Waals surface area contributed by atoms with Crippen molar-refractivity contribution in [3.8, 4) is 0 Å². The number of nitro groups is 1. The summed E-state index contributed by atoms with van der Waals surface area (Å²) in [5, 5.41) is 13.9. The summed E-state index contributed by atoms with van der Waals surface area (Å²) < 4.78 is 13.1. The summed E-state index contributed by atoms with van der Waals surface area (Å²) in [5.41, 5.74) is 0.359. The molecule has 0 bridgehead atoms. The molecule has 86 valence electrons. The Morgan fingerprint density at radius 3 is 2.88 bits per heavy atom. The highest BCUT2D eigenvalue weighted by molar-refractivity contribution is 5.37. The molecule has 0 radical (unpaired) electrons. The molecule has 0 spiro atoms. The predicted molar refractivity (Wildman–Crippen MR) is 57.6 cm³/mol. The van der Waals surface area contributed by atoms with Gasteiger partial charge in [-0.1, -0.05) is 12.5 Å². The van der Waals surface area contributed by atoms with Crippen LogP contribution in [0.2, 0.25) is 0 Å². The van der Waals surface area contributed by atoms with E-state index in [1.165, 1.54) is 12.1 Å². The lowest BCUT2D eigenvalue weighted by Crippen LogP contribution is -2.26. The van der Waals surface area contributed by atoms with Crippen LogP contribution in [0.3, 0.4) is 0 Å². The maximum absolute atomic E-state index is 13.1.